The molecule has 1 saturated heterocycles. The van der Waals surface area contributed by atoms with Crippen LogP contribution in [-0.4, -0.2) is 37.4 Å². The summed E-state index contributed by atoms with van der Waals surface area (Å²) in [5.74, 6) is -0.963. The van der Waals surface area contributed by atoms with Crippen LogP contribution < -0.4 is 10.5 Å². The zero-order valence-corrected chi connectivity index (χ0v) is 10.6. The van der Waals surface area contributed by atoms with Gasteiger partial charge in [-0.05, 0) is 24.6 Å². The predicted molar refractivity (Wildman–Crippen MR) is 65.7 cm³/mol. The molecular formula is C13H16FNO4. The van der Waals surface area contributed by atoms with E-state index in [2.05, 4.69) is 0 Å². The van der Waals surface area contributed by atoms with E-state index in [-0.39, 0.29) is 6.42 Å². The minimum absolute atomic E-state index is 0.183. The third-order valence-corrected chi connectivity index (χ3v) is 3.42. The molecule has 0 saturated carbocycles. The van der Waals surface area contributed by atoms with Gasteiger partial charge in [0, 0.05) is 11.0 Å². The van der Waals surface area contributed by atoms with Gasteiger partial charge < -0.3 is 20.3 Å². The summed E-state index contributed by atoms with van der Waals surface area (Å²) in [5.41, 5.74) is 5.61. The highest BCUT2D eigenvalue weighted by atomic mass is 19.1. The highest BCUT2D eigenvalue weighted by molar-refractivity contribution is 5.73. The number of hydrogen-bond donors (Lipinski definition) is 2. The molecule has 1 heterocycles. The number of nitrogens with two attached hydrogens (primary N) is 1. The van der Waals surface area contributed by atoms with E-state index < -0.39 is 23.2 Å². The highest BCUT2D eigenvalue weighted by Crippen LogP contribution is 2.41. The summed E-state index contributed by atoms with van der Waals surface area (Å²) in [7, 11) is 1.49. The van der Waals surface area contributed by atoms with Crippen LogP contribution in [0.3, 0.4) is 0 Å². The predicted octanol–water partition coefficient (Wildman–Crippen LogP) is 0.904. The van der Waals surface area contributed by atoms with Gasteiger partial charge in [-0.2, -0.15) is 0 Å². The van der Waals surface area contributed by atoms with E-state index in [1.54, 1.807) is 0 Å². The van der Waals surface area contributed by atoms with Gasteiger partial charge >= 0.3 is 5.97 Å². The first-order chi connectivity index (χ1) is 8.98. The average molecular weight is 269 g/mol. The average Bonchev–Trinajstić information content (AvgIpc) is 2.33. The van der Waals surface area contributed by atoms with Crippen molar-refractivity contribution in [1.82, 2.24) is 0 Å². The number of hydrogen-bond acceptors (Lipinski definition) is 4. The number of methoxy groups -OCH3 is 1. The fourth-order valence-corrected chi connectivity index (χ4v) is 2.33. The van der Waals surface area contributed by atoms with Crippen molar-refractivity contribution >= 4 is 5.97 Å². The standard InChI is InChI=1S/C13H16FNO4/c1-18-11-3-2-8(14)4-9(11)13(6-19-7-13)5-10(15)12(16)17/h2-4,10H,5-7,15H2,1H3,(H,16,17). The maximum atomic E-state index is 13.4. The van der Waals surface area contributed by atoms with Gasteiger partial charge in [0.25, 0.3) is 0 Å². The minimum atomic E-state index is -1.08. The molecular weight excluding hydrogens is 253 g/mol. The molecule has 6 heteroatoms. The molecule has 0 aromatic heterocycles. The number of carboxylic acids is 1. The Labute approximate surface area is 110 Å². The monoisotopic (exact) mass is 269 g/mol. The summed E-state index contributed by atoms with van der Waals surface area (Å²) >= 11 is 0. The molecule has 1 aliphatic heterocycles. The van der Waals surface area contributed by atoms with Crippen LogP contribution in [0.4, 0.5) is 4.39 Å². The van der Waals surface area contributed by atoms with Crippen LogP contribution in [0.2, 0.25) is 0 Å². The Morgan fingerprint density at radius 1 is 1.63 bits per heavy atom. The number of aliphatic carboxylic acids is 1. The number of rotatable bonds is 5. The zero-order valence-electron chi connectivity index (χ0n) is 10.6. The Hall–Kier alpha value is -1.66. The maximum absolute atomic E-state index is 13.4. The van der Waals surface area contributed by atoms with Crippen molar-refractivity contribution in [3.05, 3.63) is 29.6 Å². The second-order valence-corrected chi connectivity index (χ2v) is 4.77. The molecule has 2 rings (SSSR count). The molecule has 19 heavy (non-hydrogen) atoms. The number of benzene rings is 1. The highest BCUT2D eigenvalue weighted by Gasteiger charge is 2.44. The Balaban J connectivity index is 2.35. The van der Waals surface area contributed by atoms with Gasteiger partial charge in [-0.1, -0.05) is 0 Å². The first-order valence-corrected chi connectivity index (χ1v) is 5.89. The summed E-state index contributed by atoms with van der Waals surface area (Å²) in [6, 6.07) is 3.16. The fraction of sp³-hybridized carbons (Fsp3) is 0.462. The number of halogens is 1. The Bertz CT molecular complexity index is 488. The van der Waals surface area contributed by atoms with Gasteiger partial charge in [-0.3, -0.25) is 4.79 Å². The molecule has 3 N–H and O–H groups in total. The minimum Gasteiger partial charge on any atom is -0.496 e. The lowest BCUT2D eigenvalue weighted by Crippen LogP contribution is -2.52. The smallest absolute Gasteiger partial charge is 0.320 e. The second kappa shape index (κ2) is 5.14. The largest absolute Gasteiger partial charge is 0.496 e. The summed E-state index contributed by atoms with van der Waals surface area (Å²) in [6.07, 6.45) is 0.183. The van der Waals surface area contributed by atoms with E-state index in [4.69, 9.17) is 20.3 Å². The van der Waals surface area contributed by atoms with Crippen LogP contribution in [0.5, 0.6) is 5.75 Å². The SMILES string of the molecule is COc1ccc(F)cc1C1(CC(N)C(=O)O)COC1. The third kappa shape index (κ3) is 2.54. The number of carbonyl (C=O) groups is 1. The molecule has 5 nitrogen and oxygen atoms in total. The van der Waals surface area contributed by atoms with E-state index in [1.807, 2.05) is 0 Å². The molecule has 1 aliphatic rings. The normalized spacial score (nSPS) is 18.5. The third-order valence-electron chi connectivity index (χ3n) is 3.42. The summed E-state index contributed by atoms with van der Waals surface area (Å²) in [6.45, 7) is 0.627. The summed E-state index contributed by atoms with van der Waals surface area (Å²) in [5, 5.41) is 8.92. The molecule has 1 atom stereocenters. The van der Waals surface area contributed by atoms with Crippen molar-refractivity contribution in [2.45, 2.75) is 17.9 Å². The van der Waals surface area contributed by atoms with Gasteiger partial charge in [-0.15, -0.1) is 0 Å². The fourth-order valence-electron chi connectivity index (χ4n) is 2.33. The lowest BCUT2D eigenvalue weighted by Gasteiger charge is -2.43. The van der Waals surface area contributed by atoms with Crippen molar-refractivity contribution in [3.63, 3.8) is 0 Å². The van der Waals surface area contributed by atoms with Gasteiger partial charge in [0.2, 0.25) is 0 Å². The molecule has 0 aliphatic carbocycles. The number of ether oxygens (including phenoxy) is 2. The first kappa shape index (κ1) is 13.8. The second-order valence-electron chi connectivity index (χ2n) is 4.77. The lowest BCUT2D eigenvalue weighted by molar-refractivity contribution is -0.141. The maximum Gasteiger partial charge on any atom is 0.320 e. The summed E-state index contributed by atoms with van der Waals surface area (Å²) < 4.78 is 23.8. The van der Waals surface area contributed by atoms with Crippen LogP contribution >= 0.6 is 0 Å². The van der Waals surface area contributed by atoms with Crippen LogP contribution in [0.25, 0.3) is 0 Å². The van der Waals surface area contributed by atoms with Crippen molar-refractivity contribution in [2.75, 3.05) is 20.3 Å². The van der Waals surface area contributed by atoms with Crippen LogP contribution in [0.1, 0.15) is 12.0 Å². The van der Waals surface area contributed by atoms with E-state index in [0.29, 0.717) is 24.5 Å². The van der Waals surface area contributed by atoms with E-state index in [1.165, 1.54) is 25.3 Å². The Morgan fingerprint density at radius 3 is 2.79 bits per heavy atom. The molecule has 1 unspecified atom stereocenters. The first-order valence-electron chi connectivity index (χ1n) is 5.89. The van der Waals surface area contributed by atoms with Gasteiger partial charge in [0.05, 0.1) is 20.3 Å². The zero-order chi connectivity index (χ0) is 14.0. The number of carboxylic acid groups (broad SMARTS) is 1. The van der Waals surface area contributed by atoms with Crippen molar-refractivity contribution in [3.8, 4) is 5.75 Å². The molecule has 1 aromatic carbocycles. The van der Waals surface area contributed by atoms with Crippen LogP contribution in [0, 0.1) is 5.82 Å². The van der Waals surface area contributed by atoms with E-state index in [0.717, 1.165) is 0 Å². The van der Waals surface area contributed by atoms with Crippen molar-refractivity contribution < 1.29 is 23.8 Å². The summed E-state index contributed by atoms with van der Waals surface area (Å²) in [4.78, 5) is 10.9. The molecule has 1 aromatic rings. The molecule has 104 valence electrons. The Morgan fingerprint density at radius 2 is 2.32 bits per heavy atom. The van der Waals surface area contributed by atoms with Crippen molar-refractivity contribution in [1.29, 1.82) is 0 Å². The molecule has 1 fully saturated rings. The van der Waals surface area contributed by atoms with Crippen molar-refractivity contribution in [2.24, 2.45) is 5.73 Å². The topological polar surface area (TPSA) is 81.8 Å². The van der Waals surface area contributed by atoms with Gasteiger partial charge in [0.15, 0.2) is 0 Å². The van der Waals surface area contributed by atoms with E-state index in [9.17, 15) is 9.18 Å². The molecule has 0 bridgehead atoms. The molecule has 0 radical (unpaired) electrons. The van der Waals surface area contributed by atoms with Crippen LogP contribution in [0.15, 0.2) is 18.2 Å². The van der Waals surface area contributed by atoms with Gasteiger partial charge in [-0.25, -0.2) is 4.39 Å². The Kier molecular flexibility index (Phi) is 3.73. The van der Waals surface area contributed by atoms with Crippen LogP contribution in [-0.2, 0) is 14.9 Å². The molecule has 0 amide bonds. The van der Waals surface area contributed by atoms with E-state index >= 15 is 0 Å². The molecule has 0 spiro atoms. The quantitative estimate of drug-likeness (QED) is 0.830. The van der Waals surface area contributed by atoms with Gasteiger partial charge in [0.1, 0.15) is 17.6 Å². The lowest BCUT2D eigenvalue weighted by atomic mass is 9.73.